The number of anilines is 2. The monoisotopic (exact) mass is 499 g/mol. The van der Waals surface area contributed by atoms with Gasteiger partial charge in [-0.3, -0.25) is 9.52 Å². The van der Waals surface area contributed by atoms with Gasteiger partial charge in [0.15, 0.2) is 6.61 Å². The number of sulfonamides is 1. The van der Waals surface area contributed by atoms with Gasteiger partial charge in [0.25, 0.3) is 15.9 Å². The summed E-state index contributed by atoms with van der Waals surface area (Å²) in [6, 6.07) is 16.6. The predicted molar refractivity (Wildman–Crippen MR) is 123 cm³/mol. The van der Waals surface area contributed by atoms with Gasteiger partial charge < -0.3 is 9.64 Å². The third-order valence-corrected chi connectivity index (χ3v) is 6.11. The summed E-state index contributed by atoms with van der Waals surface area (Å²) in [4.78, 5) is 26.3. The summed E-state index contributed by atoms with van der Waals surface area (Å²) in [6.45, 7) is -0.715. The van der Waals surface area contributed by atoms with Crippen molar-refractivity contribution in [1.29, 1.82) is 5.26 Å². The zero-order valence-corrected chi connectivity index (χ0v) is 19.0. The SMILES string of the molecule is N#CCCN(C(=O)COC(=O)c1ccccc1NS(=O)(=O)c1ccc(F)cc1)c1ccc(F)cc1. The van der Waals surface area contributed by atoms with Crippen LogP contribution in [0.25, 0.3) is 0 Å². The van der Waals surface area contributed by atoms with E-state index in [0.717, 1.165) is 36.4 Å². The highest BCUT2D eigenvalue weighted by molar-refractivity contribution is 7.92. The number of benzene rings is 3. The molecule has 0 spiro atoms. The smallest absolute Gasteiger partial charge is 0.340 e. The maximum Gasteiger partial charge on any atom is 0.340 e. The zero-order chi connectivity index (χ0) is 25.4. The number of ether oxygens (including phenoxy) is 1. The molecule has 8 nitrogen and oxygen atoms in total. The summed E-state index contributed by atoms with van der Waals surface area (Å²) in [5, 5.41) is 8.87. The first-order valence-corrected chi connectivity index (χ1v) is 11.7. The van der Waals surface area contributed by atoms with E-state index in [1.54, 1.807) is 0 Å². The molecule has 0 bridgehead atoms. The van der Waals surface area contributed by atoms with Gasteiger partial charge in [0.05, 0.1) is 28.6 Å². The van der Waals surface area contributed by atoms with Crippen LogP contribution in [0.5, 0.6) is 0 Å². The third-order valence-electron chi connectivity index (χ3n) is 4.73. The fourth-order valence-electron chi connectivity index (χ4n) is 3.03. The van der Waals surface area contributed by atoms with Crippen LogP contribution in [-0.4, -0.2) is 33.4 Å². The molecule has 0 atom stereocenters. The van der Waals surface area contributed by atoms with Crippen molar-refractivity contribution in [2.45, 2.75) is 11.3 Å². The number of halogens is 2. The van der Waals surface area contributed by atoms with Crippen molar-refractivity contribution in [2.75, 3.05) is 22.8 Å². The van der Waals surface area contributed by atoms with Crippen molar-refractivity contribution in [3.8, 4) is 6.07 Å². The molecular weight excluding hydrogens is 480 g/mol. The number of carbonyl (C=O) groups is 2. The van der Waals surface area contributed by atoms with E-state index in [0.29, 0.717) is 5.69 Å². The van der Waals surface area contributed by atoms with Crippen LogP contribution in [0.15, 0.2) is 77.7 Å². The summed E-state index contributed by atoms with van der Waals surface area (Å²) in [5.41, 5.74) is 0.0562. The standard InChI is InChI=1S/C24H19F2N3O5S/c25-17-6-10-19(11-7-17)29(15-3-14-27)23(30)16-34-24(31)21-4-1-2-5-22(21)28-35(32,33)20-12-8-18(26)9-13-20/h1-2,4-13,28H,3,15-16H2. The highest BCUT2D eigenvalue weighted by atomic mass is 32.2. The molecule has 0 saturated heterocycles. The molecule has 0 unspecified atom stereocenters. The maximum atomic E-state index is 13.2. The molecule has 0 aliphatic carbocycles. The summed E-state index contributed by atoms with van der Waals surface area (Å²) < 4.78 is 59.0. The molecule has 0 aliphatic rings. The molecule has 3 aromatic carbocycles. The van der Waals surface area contributed by atoms with E-state index in [1.807, 2.05) is 6.07 Å². The molecule has 1 N–H and O–H groups in total. The molecule has 0 radical (unpaired) electrons. The maximum absolute atomic E-state index is 13.2. The molecule has 180 valence electrons. The molecule has 0 heterocycles. The molecule has 0 aromatic heterocycles. The minimum atomic E-state index is -4.14. The Bertz CT molecular complexity index is 1360. The number of esters is 1. The summed E-state index contributed by atoms with van der Waals surface area (Å²) in [7, 11) is -4.14. The van der Waals surface area contributed by atoms with E-state index in [-0.39, 0.29) is 29.1 Å². The van der Waals surface area contributed by atoms with Crippen molar-refractivity contribution in [1.82, 2.24) is 0 Å². The van der Waals surface area contributed by atoms with E-state index in [2.05, 4.69) is 4.72 Å². The normalized spacial score (nSPS) is 10.8. The first-order valence-electron chi connectivity index (χ1n) is 10.2. The Balaban J connectivity index is 1.74. The highest BCUT2D eigenvalue weighted by Gasteiger charge is 2.22. The van der Waals surface area contributed by atoms with E-state index in [9.17, 15) is 26.8 Å². The second kappa shape index (κ2) is 11.2. The molecule has 1 amide bonds. The largest absolute Gasteiger partial charge is 0.452 e. The van der Waals surface area contributed by atoms with Gasteiger partial charge in [0.1, 0.15) is 11.6 Å². The number of rotatable bonds is 9. The first kappa shape index (κ1) is 25.3. The Morgan fingerprint density at radius 3 is 2.17 bits per heavy atom. The molecular formula is C24H19F2N3O5S. The first-order chi connectivity index (χ1) is 16.7. The van der Waals surface area contributed by atoms with Gasteiger partial charge in [0, 0.05) is 12.2 Å². The van der Waals surface area contributed by atoms with Crippen LogP contribution in [0.2, 0.25) is 0 Å². The van der Waals surface area contributed by atoms with Gasteiger partial charge in [-0.1, -0.05) is 12.1 Å². The molecule has 0 saturated carbocycles. The average Bonchev–Trinajstić information content (AvgIpc) is 2.84. The van der Waals surface area contributed by atoms with Crippen LogP contribution in [0, 0.1) is 23.0 Å². The lowest BCUT2D eigenvalue weighted by Gasteiger charge is -2.21. The lowest BCUT2D eigenvalue weighted by atomic mass is 10.2. The summed E-state index contributed by atoms with van der Waals surface area (Å²) >= 11 is 0. The fourth-order valence-corrected chi connectivity index (χ4v) is 4.11. The lowest BCUT2D eigenvalue weighted by molar-refractivity contribution is -0.121. The second-order valence-electron chi connectivity index (χ2n) is 7.11. The minimum absolute atomic E-state index is 0.00737. The number of carbonyl (C=O) groups excluding carboxylic acids is 2. The number of para-hydroxylation sites is 1. The lowest BCUT2D eigenvalue weighted by Crippen LogP contribution is -2.35. The van der Waals surface area contributed by atoms with Crippen molar-refractivity contribution in [3.05, 3.63) is 90.0 Å². The molecule has 11 heteroatoms. The van der Waals surface area contributed by atoms with Gasteiger partial charge in [-0.25, -0.2) is 22.0 Å². The number of hydrogen-bond donors (Lipinski definition) is 1. The third kappa shape index (κ3) is 6.61. The second-order valence-corrected chi connectivity index (χ2v) is 8.79. The van der Waals surface area contributed by atoms with Crippen molar-refractivity contribution in [3.63, 3.8) is 0 Å². The Labute approximate surface area is 200 Å². The van der Waals surface area contributed by atoms with Crippen LogP contribution in [-0.2, 0) is 19.6 Å². The zero-order valence-electron chi connectivity index (χ0n) is 18.1. The number of nitriles is 1. The van der Waals surface area contributed by atoms with Crippen molar-refractivity contribution in [2.24, 2.45) is 0 Å². The molecule has 3 rings (SSSR count). The van der Waals surface area contributed by atoms with Gasteiger partial charge in [0.2, 0.25) is 0 Å². The number of hydrogen-bond acceptors (Lipinski definition) is 6. The van der Waals surface area contributed by atoms with Gasteiger partial charge >= 0.3 is 5.97 Å². The summed E-state index contributed by atoms with van der Waals surface area (Å²) in [6.07, 6.45) is -0.00887. The number of nitrogens with zero attached hydrogens (tertiary/aromatic N) is 2. The van der Waals surface area contributed by atoms with Crippen molar-refractivity contribution >= 4 is 33.3 Å². The molecule has 0 fully saturated rings. The van der Waals surface area contributed by atoms with E-state index < -0.39 is 40.1 Å². The van der Waals surface area contributed by atoms with Crippen LogP contribution >= 0.6 is 0 Å². The number of nitrogens with one attached hydrogen (secondary N) is 1. The molecule has 3 aromatic rings. The average molecular weight is 499 g/mol. The van der Waals surface area contributed by atoms with Crippen LogP contribution in [0.3, 0.4) is 0 Å². The Kier molecular flexibility index (Phi) is 8.12. The Morgan fingerprint density at radius 2 is 1.54 bits per heavy atom. The topological polar surface area (TPSA) is 117 Å². The predicted octanol–water partition coefficient (Wildman–Crippen LogP) is 3.87. The van der Waals surface area contributed by atoms with Crippen LogP contribution < -0.4 is 9.62 Å². The van der Waals surface area contributed by atoms with E-state index in [1.165, 1.54) is 41.3 Å². The van der Waals surface area contributed by atoms with Crippen molar-refractivity contribution < 1.29 is 31.5 Å². The molecule has 0 aliphatic heterocycles. The molecule has 35 heavy (non-hydrogen) atoms. The van der Waals surface area contributed by atoms with E-state index >= 15 is 0 Å². The van der Waals surface area contributed by atoms with Gasteiger partial charge in [-0.05, 0) is 60.7 Å². The summed E-state index contributed by atoms with van der Waals surface area (Å²) in [5.74, 6) is -2.76. The van der Waals surface area contributed by atoms with Crippen LogP contribution in [0.1, 0.15) is 16.8 Å². The quantitative estimate of drug-likeness (QED) is 0.447. The minimum Gasteiger partial charge on any atom is -0.452 e. The van der Waals surface area contributed by atoms with E-state index in [4.69, 9.17) is 10.00 Å². The fraction of sp³-hybridized carbons (Fsp3) is 0.125. The number of amides is 1. The highest BCUT2D eigenvalue weighted by Crippen LogP contribution is 2.22. The van der Waals surface area contributed by atoms with Gasteiger partial charge in [-0.2, -0.15) is 5.26 Å². The Hall–Kier alpha value is -4.30. The Morgan fingerprint density at radius 1 is 0.943 bits per heavy atom. The van der Waals surface area contributed by atoms with Crippen LogP contribution in [0.4, 0.5) is 20.2 Å². The van der Waals surface area contributed by atoms with Gasteiger partial charge in [-0.15, -0.1) is 0 Å².